The summed E-state index contributed by atoms with van der Waals surface area (Å²) in [5, 5.41) is 11.0. The van der Waals surface area contributed by atoms with Gasteiger partial charge in [-0.15, -0.1) is 0 Å². The predicted octanol–water partition coefficient (Wildman–Crippen LogP) is 5.34. The van der Waals surface area contributed by atoms with Crippen LogP contribution in [0.25, 0.3) is 22.3 Å². The number of phenols is 1. The van der Waals surface area contributed by atoms with Crippen molar-refractivity contribution in [3.8, 4) is 17.1 Å². The fraction of sp³-hybridized carbons (Fsp3) is 0.0455. The molecule has 0 aliphatic rings. The summed E-state index contributed by atoms with van der Waals surface area (Å²) in [6, 6.07) is 21.8. The van der Waals surface area contributed by atoms with Gasteiger partial charge in [0.15, 0.2) is 5.78 Å². The van der Waals surface area contributed by atoms with Gasteiger partial charge in [0.25, 0.3) is 0 Å². The van der Waals surface area contributed by atoms with E-state index in [4.69, 9.17) is 4.42 Å². The molecule has 0 spiro atoms. The van der Waals surface area contributed by atoms with E-state index in [1.807, 2.05) is 61.5 Å². The van der Waals surface area contributed by atoms with E-state index in [-0.39, 0.29) is 11.5 Å². The average molecular weight is 328 g/mol. The second-order valence-electron chi connectivity index (χ2n) is 6.01. The molecule has 1 N–H and O–H groups in total. The number of carbonyl (C=O) groups excluding carboxylic acids is 1. The Hall–Kier alpha value is -3.33. The number of fused-ring (bicyclic) bond motifs is 1. The molecule has 1 heterocycles. The molecule has 0 saturated carbocycles. The van der Waals surface area contributed by atoms with Crippen molar-refractivity contribution in [2.75, 3.05) is 0 Å². The molecular weight excluding hydrogens is 312 g/mol. The number of aromatic hydroxyl groups is 1. The minimum Gasteiger partial charge on any atom is -0.507 e. The van der Waals surface area contributed by atoms with E-state index in [0.29, 0.717) is 28.0 Å². The Balaban J connectivity index is 1.98. The largest absolute Gasteiger partial charge is 0.507 e. The highest BCUT2D eigenvalue weighted by atomic mass is 16.3. The van der Waals surface area contributed by atoms with Gasteiger partial charge in [-0.2, -0.15) is 0 Å². The third-order valence-corrected chi connectivity index (χ3v) is 4.28. The molecule has 0 fully saturated rings. The fourth-order valence-electron chi connectivity index (χ4n) is 2.98. The number of hydrogen-bond donors (Lipinski definition) is 1. The van der Waals surface area contributed by atoms with Crippen LogP contribution in [-0.4, -0.2) is 10.9 Å². The molecule has 0 saturated heterocycles. The lowest BCUT2D eigenvalue weighted by atomic mass is 9.96. The predicted molar refractivity (Wildman–Crippen MR) is 97.9 cm³/mol. The van der Waals surface area contributed by atoms with Crippen LogP contribution in [0.4, 0.5) is 0 Å². The van der Waals surface area contributed by atoms with Gasteiger partial charge in [-0.1, -0.05) is 60.2 Å². The number of rotatable bonds is 3. The second kappa shape index (κ2) is 5.95. The summed E-state index contributed by atoms with van der Waals surface area (Å²) >= 11 is 0. The molecule has 0 radical (unpaired) electrons. The first-order chi connectivity index (χ1) is 12.1. The van der Waals surface area contributed by atoms with E-state index in [1.165, 1.54) is 0 Å². The Labute approximate surface area is 145 Å². The molecular formula is C22H16O3. The van der Waals surface area contributed by atoms with Crippen molar-refractivity contribution >= 4 is 16.8 Å². The van der Waals surface area contributed by atoms with Gasteiger partial charge in [-0.25, -0.2) is 0 Å². The summed E-state index contributed by atoms with van der Waals surface area (Å²) in [5.74, 6) is 0.354. The van der Waals surface area contributed by atoms with Crippen molar-refractivity contribution in [1.82, 2.24) is 0 Å². The van der Waals surface area contributed by atoms with E-state index >= 15 is 0 Å². The summed E-state index contributed by atoms with van der Waals surface area (Å²) in [5.41, 5.74) is 3.29. The summed E-state index contributed by atoms with van der Waals surface area (Å²) in [4.78, 5) is 13.2. The molecule has 3 heteroatoms. The average Bonchev–Trinajstić information content (AvgIpc) is 3.01. The molecule has 0 amide bonds. The quantitative estimate of drug-likeness (QED) is 0.516. The topological polar surface area (TPSA) is 50.4 Å². The van der Waals surface area contributed by atoms with Gasteiger partial charge in [-0.3, -0.25) is 4.79 Å². The molecule has 0 atom stereocenters. The van der Waals surface area contributed by atoms with Crippen molar-refractivity contribution in [3.05, 3.63) is 89.5 Å². The highest BCUT2D eigenvalue weighted by Crippen LogP contribution is 2.38. The number of phenolic OH excluding ortho intramolecular Hbond substituents is 1. The normalized spacial score (nSPS) is 10.9. The van der Waals surface area contributed by atoms with Gasteiger partial charge in [0.2, 0.25) is 0 Å². The van der Waals surface area contributed by atoms with Gasteiger partial charge in [0.05, 0.1) is 11.1 Å². The van der Waals surface area contributed by atoms with E-state index in [2.05, 4.69) is 0 Å². The Morgan fingerprint density at radius 1 is 0.880 bits per heavy atom. The molecule has 4 aromatic rings. The standard InChI is InChI=1S/C22H16O3/c1-14-10-12-15(13-11-14)21(24)20-17-7-3-5-9-19(17)25-22(20)16-6-2-4-8-18(16)23/h2-13,23H,1H3. The molecule has 3 aromatic carbocycles. The van der Waals surface area contributed by atoms with E-state index in [1.54, 1.807) is 18.2 Å². The van der Waals surface area contributed by atoms with Crippen molar-refractivity contribution in [3.63, 3.8) is 0 Å². The maximum Gasteiger partial charge on any atom is 0.197 e. The number of aryl methyl sites for hydroxylation is 1. The number of benzene rings is 3. The van der Waals surface area contributed by atoms with Crippen molar-refractivity contribution in [2.45, 2.75) is 6.92 Å². The number of furan rings is 1. The number of ketones is 1. The molecule has 0 aliphatic heterocycles. The monoisotopic (exact) mass is 328 g/mol. The summed E-state index contributed by atoms with van der Waals surface area (Å²) in [6.45, 7) is 1.98. The third-order valence-electron chi connectivity index (χ3n) is 4.28. The fourth-order valence-corrected chi connectivity index (χ4v) is 2.98. The Morgan fingerprint density at radius 3 is 2.32 bits per heavy atom. The van der Waals surface area contributed by atoms with Crippen LogP contribution in [-0.2, 0) is 0 Å². The molecule has 4 rings (SSSR count). The van der Waals surface area contributed by atoms with Crippen molar-refractivity contribution in [1.29, 1.82) is 0 Å². The van der Waals surface area contributed by atoms with E-state index < -0.39 is 0 Å². The van der Waals surface area contributed by atoms with E-state index in [9.17, 15) is 9.90 Å². The van der Waals surface area contributed by atoms with Gasteiger partial charge >= 0.3 is 0 Å². The highest BCUT2D eigenvalue weighted by Gasteiger charge is 2.24. The van der Waals surface area contributed by atoms with E-state index in [0.717, 1.165) is 10.9 Å². The zero-order chi connectivity index (χ0) is 17.4. The number of hydrogen-bond acceptors (Lipinski definition) is 3. The maximum absolute atomic E-state index is 13.2. The van der Waals surface area contributed by atoms with Gasteiger partial charge < -0.3 is 9.52 Å². The first-order valence-corrected chi connectivity index (χ1v) is 8.06. The Bertz CT molecular complexity index is 1070. The van der Waals surface area contributed by atoms with Crippen LogP contribution in [0.1, 0.15) is 21.5 Å². The molecule has 0 unspecified atom stereocenters. The molecule has 25 heavy (non-hydrogen) atoms. The van der Waals surface area contributed by atoms with Crippen LogP contribution >= 0.6 is 0 Å². The lowest BCUT2D eigenvalue weighted by molar-refractivity contribution is 0.104. The molecule has 3 nitrogen and oxygen atoms in total. The molecule has 0 bridgehead atoms. The zero-order valence-corrected chi connectivity index (χ0v) is 13.7. The number of para-hydroxylation sites is 2. The second-order valence-corrected chi connectivity index (χ2v) is 6.01. The van der Waals surface area contributed by atoms with Crippen LogP contribution in [0, 0.1) is 6.92 Å². The Kier molecular flexibility index (Phi) is 3.62. The van der Waals surface area contributed by atoms with Crippen molar-refractivity contribution in [2.24, 2.45) is 0 Å². The minimum absolute atomic E-state index is 0.0829. The molecule has 122 valence electrons. The summed E-state index contributed by atoms with van der Waals surface area (Å²) in [7, 11) is 0. The minimum atomic E-state index is -0.122. The smallest absolute Gasteiger partial charge is 0.197 e. The number of carbonyl (C=O) groups is 1. The summed E-state index contributed by atoms with van der Waals surface area (Å²) < 4.78 is 5.95. The summed E-state index contributed by atoms with van der Waals surface area (Å²) in [6.07, 6.45) is 0. The Morgan fingerprint density at radius 2 is 1.56 bits per heavy atom. The van der Waals surface area contributed by atoms with Crippen LogP contribution in [0.2, 0.25) is 0 Å². The zero-order valence-electron chi connectivity index (χ0n) is 13.7. The highest BCUT2D eigenvalue weighted by molar-refractivity contribution is 6.19. The lowest BCUT2D eigenvalue weighted by Crippen LogP contribution is -2.02. The van der Waals surface area contributed by atoms with Crippen LogP contribution in [0.5, 0.6) is 5.75 Å². The lowest BCUT2D eigenvalue weighted by Gasteiger charge is -2.05. The third kappa shape index (κ3) is 2.60. The van der Waals surface area contributed by atoms with Crippen molar-refractivity contribution < 1.29 is 14.3 Å². The van der Waals surface area contributed by atoms with Crippen LogP contribution < -0.4 is 0 Å². The molecule has 0 aliphatic carbocycles. The van der Waals surface area contributed by atoms with Gasteiger partial charge in [0.1, 0.15) is 17.1 Å². The first kappa shape index (κ1) is 15.2. The van der Waals surface area contributed by atoms with Gasteiger partial charge in [-0.05, 0) is 25.1 Å². The SMILES string of the molecule is Cc1ccc(C(=O)c2c(-c3ccccc3O)oc3ccccc23)cc1. The molecule has 1 aromatic heterocycles. The van der Waals surface area contributed by atoms with Crippen LogP contribution in [0.15, 0.2) is 77.2 Å². The van der Waals surface area contributed by atoms with Gasteiger partial charge in [0, 0.05) is 10.9 Å². The maximum atomic E-state index is 13.2. The van der Waals surface area contributed by atoms with Crippen LogP contribution in [0.3, 0.4) is 0 Å². The first-order valence-electron chi connectivity index (χ1n) is 8.06.